The lowest BCUT2D eigenvalue weighted by Gasteiger charge is -2.05. The van der Waals surface area contributed by atoms with E-state index in [1.54, 1.807) is 11.8 Å². The Labute approximate surface area is 97.9 Å². The summed E-state index contributed by atoms with van der Waals surface area (Å²) in [4.78, 5) is 20.8. The number of nitrogens with zero attached hydrogens (tertiary/aromatic N) is 2. The van der Waals surface area contributed by atoms with Gasteiger partial charge in [-0.15, -0.1) is 11.8 Å². The van der Waals surface area contributed by atoms with E-state index >= 15 is 0 Å². The summed E-state index contributed by atoms with van der Waals surface area (Å²) >= 11 is 1.56. The molecule has 0 N–H and O–H groups in total. The van der Waals surface area contributed by atoms with Crippen molar-refractivity contribution >= 4 is 17.5 Å². The van der Waals surface area contributed by atoms with Gasteiger partial charge < -0.3 is 0 Å². The lowest BCUT2D eigenvalue weighted by Crippen LogP contribution is -2.03. The zero-order valence-corrected chi connectivity index (χ0v) is 9.57. The Balaban J connectivity index is 2.42. The molecule has 0 bridgehead atoms. The van der Waals surface area contributed by atoms with E-state index in [1.807, 2.05) is 30.5 Å². The largest absolute Gasteiger partial charge is 0.288 e. The van der Waals surface area contributed by atoms with Crippen LogP contribution in [-0.4, -0.2) is 22.0 Å². The number of rotatable bonds is 3. The number of benzene rings is 1. The molecule has 2 aromatic rings. The van der Waals surface area contributed by atoms with Gasteiger partial charge in [0.05, 0.1) is 5.56 Å². The zero-order valence-electron chi connectivity index (χ0n) is 8.75. The Bertz CT molecular complexity index is 499. The highest BCUT2D eigenvalue weighted by molar-refractivity contribution is 7.98. The summed E-state index contributed by atoms with van der Waals surface area (Å²) in [5.41, 5.74) is 1.22. The molecule has 1 aromatic heterocycles. The number of aromatic nitrogens is 2. The Morgan fingerprint density at radius 3 is 2.56 bits per heavy atom. The first kappa shape index (κ1) is 10.8. The Hall–Kier alpha value is -1.68. The van der Waals surface area contributed by atoms with Crippen LogP contribution in [0.15, 0.2) is 47.9 Å². The second kappa shape index (κ2) is 4.90. The van der Waals surface area contributed by atoms with Crippen molar-refractivity contribution in [3.05, 3.63) is 54.1 Å². The molecule has 4 heteroatoms. The molecule has 0 unspecified atom stereocenters. The maximum Gasteiger partial charge on any atom is 0.197 e. The van der Waals surface area contributed by atoms with E-state index in [1.165, 1.54) is 18.7 Å². The van der Waals surface area contributed by atoms with Gasteiger partial charge in [0.2, 0.25) is 0 Å². The molecule has 1 aromatic carbocycles. The van der Waals surface area contributed by atoms with E-state index in [9.17, 15) is 4.79 Å². The van der Waals surface area contributed by atoms with Crippen LogP contribution in [0.25, 0.3) is 0 Å². The highest BCUT2D eigenvalue weighted by atomic mass is 32.2. The highest BCUT2D eigenvalue weighted by Gasteiger charge is 2.12. The fraction of sp³-hybridized carbons (Fsp3) is 0.0833. The minimum atomic E-state index is -0.0365. The molecule has 2 rings (SSSR count). The van der Waals surface area contributed by atoms with Crippen LogP contribution in [-0.2, 0) is 0 Å². The number of hydrogen-bond acceptors (Lipinski definition) is 4. The van der Waals surface area contributed by atoms with Crippen LogP contribution in [0.5, 0.6) is 0 Å². The summed E-state index contributed by atoms with van der Waals surface area (Å²) in [7, 11) is 0. The first-order chi connectivity index (χ1) is 7.83. The molecular weight excluding hydrogens is 220 g/mol. The number of carbonyl (C=O) groups excluding carboxylic acids is 1. The standard InChI is InChI=1S/C12H10N2OS/c1-16-11-5-3-2-4-10(11)12(15)9-6-13-8-14-7-9/h2-8H,1H3. The number of carbonyl (C=O) groups is 1. The van der Waals surface area contributed by atoms with Crippen LogP contribution in [0, 0.1) is 0 Å². The first-order valence-electron chi connectivity index (χ1n) is 4.75. The highest BCUT2D eigenvalue weighted by Crippen LogP contribution is 2.22. The zero-order chi connectivity index (χ0) is 11.4. The third kappa shape index (κ3) is 2.12. The summed E-state index contributed by atoms with van der Waals surface area (Å²) < 4.78 is 0. The SMILES string of the molecule is CSc1ccccc1C(=O)c1cncnc1. The molecule has 0 saturated carbocycles. The maximum atomic E-state index is 12.1. The van der Waals surface area contributed by atoms with Crippen molar-refractivity contribution in [1.82, 2.24) is 9.97 Å². The van der Waals surface area contributed by atoms with Crippen LogP contribution in [0.2, 0.25) is 0 Å². The monoisotopic (exact) mass is 230 g/mol. The maximum absolute atomic E-state index is 12.1. The van der Waals surface area contributed by atoms with E-state index in [0.29, 0.717) is 11.1 Å². The van der Waals surface area contributed by atoms with Crippen LogP contribution in [0.3, 0.4) is 0 Å². The molecule has 0 amide bonds. The lowest BCUT2D eigenvalue weighted by atomic mass is 10.1. The Kier molecular flexibility index (Phi) is 3.31. The molecule has 0 atom stereocenters. The number of thioether (sulfide) groups is 1. The topological polar surface area (TPSA) is 42.9 Å². The summed E-state index contributed by atoms with van der Waals surface area (Å²) in [5, 5.41) is 0. The predicted molar refractivity (Wildman–Crippen MR) is 63.7 cm³/mol. The minimum absolute atomic E-state index is 0.0365. The van der Waals surface area contributed by atoms with Crippen molar-refractivity contribution in [2.45, 2.75) is 4.90 Å². The molecule has 0 aliphatic carbocycles. The van der Waals surface area contributed by atoms with Crippen LogP contribution in [0.4, 0.5) is 0 Å². The van der Waals surface area contributed by atoms with Gasteiger partial charge in [0.1, 0.15) is 6.33 Å². The summed E-state index contributed by atoms with van der Waals surface area (Å²) in [6, 6.07) is 7.53. The van der Waals surface area contributed by atoms with Gasteiger partial charge >= 0.3 is 0 Å². The molecule has 16 heavy (non-hydrogen) atoms. The summed E-state index contributed by atoms with van der Waals surface area (Å²) in [6.07, 6.45) is 6.43. The van der Waals surface area contributed by atoms with E-state index in [4.69, 9.17) is 0 Å². The van der Waals surface area contributed by atoms with E-state index in [-0.39, 0.29) is 5.78 Å². The van der Waals surface area contributed by atoms with Gasteiger partial charge in [0.25, 0.3) is 0 Å². The second-order valence-corrected chi connectivity index (χ2v) is 4.00. The lowest BCUT2D eigenvalue weighted by molar-refractivity contribution is 0.103. The van der Waals surface area contributed by atoms with Gasteiger partial charge in [-0.2, -0.15) is 0 Å². The molecule has 0 fully saturated rings. The number of ketones is 1. The molecule has 0 aliphatic rings. The molecular formula is C12H10N2OS. The van der Waals surface area contributed by atoms with Crippen molar-refractivity contribution in [2.75, 3.05) is 6.26 Å². The van der Waals surface area contributed by atoms with E-state index in [2.05, 4.69) is 9.97 Å². The first-order valence-corrected chi connectivity index (χ1v) is 5.98. The quantitative estimate of drug-likeness (QED) is 0.600. The fourth-order valence-electron chi connectivity index (χ4n) is 1.40. The normalized spacial score (nSPS) is 10.1. The molecule has 1 heterocycles. The second-order valence-electron chi connectivity index (χ2n) is 3.16. The van der Waals surface area contributed by atoms with Gasteiger partial charge in [-0.3, -0.25) is 4.79 Å². The smallest absolute Gasteiger partial charge is 0.197 e. The van der Waals surface area contributed by atoms with Crippen LogP contribution < -0.4 is 0 Å². The van der Waals surface area contributed by atoms with Gasteiger partial charge in [-0.1, -0.05) is 12.1 Å². The Morgan fingerprint density at radius 1 is 1.19 bits per heavy atom. The third-order valence-electron chi connectivity index (χ3n) is 2.17. The van der Waals surface area contributed by atoms with Gasteiger partial charge in [-0.05, 0) is 18.4 Å². The van der Waals surface area contributed by atoms with Crippen LogP contribution >= 0.6 is 11.8 Å². The molecule has 80 valence electrons. The van der Waals surface area contributed by atoms with Gasteiger partial charge in [-0.25, -0.2) is 9.97 Å². The summed E-state index contributed by atoms with van der Waals surface area (Å²) in [5.74, 6) is -0.0365. The van der Waals surface area contributed by atoms with E-state index < -0.39 is 0 Å². The Morgan fingerprint density at radius 2 is 1.88 bits per heavy atom. The van der Waals surface area contributed by atoms with Crippen molar-refractivity contribution in [3.63, 3.8) is 0 Å². The van der Waals surface area contributed by atoms with Crippen molar-refractivity contribution in [3.8, 4) is 0 Å². The average Bonchev–Trinajstić information content (AvgIpc) is 2.39. The van der Waals surface area contributed by atoms with Crippen molar-refractivity contribution in [2.24, 2.45) is 0 Å². The average molecular weight is 230 g/mol. The van der Waals surface area contributed by atoms with Crippen molar-refractivity contribution in [1.29, 1.82) is 0 Å². The van der Waals surface area contributed by atoms with Crippen molar-refractivity contribution < 1.29 is 4.79 Å². The molecule has 0 saturated heterocycles. The molecule has 3 nitrogen and oxygen atoms in total. The van der Waals surface area contributed by atoms with Gasteiger partial charge in [0, 0.05) is 22.9 Å². The predicted octanol–water partition coefficient (Wildman–Crippen LogP) is 2.43. The molecule has 0 spiro atoms. The fourth-order valence-corrected chi connectivity index (χ4v) is 2.00. The molecule has 0 aliphatic heterocycles. The van der Waals surface area contributed by atoms with Gasteiger partial charge in [0.15, 0.2) is 5.78 Å². The number of hydrogen-bond donors (Lipinski definition) is 0. The van der Waals surface area contributed by atoms with Crippen LogP contribution in [0.1, 0.15) is 15.9 Å². The van der Waals surface area contributed by atoms with E-state index in [0.717, 1.165) is 4.90 Å². The summed E-state index contributed by atoms with van der Waals surface area (Å²) in [6.45, 7) is 0. The third-order valence-corrected chi connectivity index (χ3v) is 2.97. The molecule has 0 radical (unpaired) electrons. The minimum Gasteiger partial charge on any atom is -0.288 e.